The maximum atomic E-state index is 12.2. The number of nitro benzene ring substituents is 1. The second-order valence-corrected chi connectivity index (χ2v) is 5.66. The quantitative estimate of drug-likeness (QED) is 0.382. The second kappa shape index (κ2) is 9.93. The lowest BCUT2D eigenvalue weighted by atomic mass is 10.1. The van der Waals surface area contributed by atoms with Crippen LogP contribution in [0.1, 0.15) is 15.9 Å². The molecule has 0 bridgehead atoms. The number of carbonyl (C=O) groups excluding carboxylic acids is 2. The molecule has 10 heteroatoms. The zero-order valence-corrected chi connectivity index (χ0v) is 16.1. The van der Waals surface area contributed by atoms with Crippen molar-refractivity contribution in [1.82, 2.24) is 5.32 Å². The van der Waals surface area contributed by atoms with E-state index in [1.165, 1.54) is 33.5 Å². The summed E-state index contributed by atoms with van der Waals surface area (Å²) in [5.74, 6) is -0.226. The third kappa shape index (κ3) is 5.58. The third-order valence-corrected chi connectivity index (χ3v) is 3.91. The molecule has 2 aromatic rings. The van der Waals surface area contributed by atoms with Gasteiger partial charge in [0, 0.05) is 17.2 Å². The fourth-order valence-corrected chi connectivity index (χ4v) is 2.43. The molecular formula is C19H20N2O8. The third-order valence-electron chi connectivity index (χ3n) is 3.91. The highest BCUT2D eigenvalue weighted by Gasteiger charge is 2.19. The van der Waals surface area contributed by atoms with E-state index in [-0.39, 0.29) is 23.6 Å². The first-order valence-corrected chi connectivity index (χ1v) is 8.36. The van der Waals surface area contributed by atoms with Gasteiger partial charge in [-0.15, -0.1) is 0 Å². The van der Waals surface area contributed by atoms with Crippen LogP contribution in [0.5, 0.6) is 17.2 Å². The van der Waals surface area contributed by atoms with Crippen LogP contribution in [-0.2, 0) is 16.1 Å². The summed E-state index contributed by atoms with van der Waals surface area (Å²) in [4.78, 5) is 34.5. The molecule has 0 saturated heterocycles. The number of nitrogens with zero attached hydrogens (tertiary/aromatic N) is 1. The molecule has 0 saturated carbocycles. The highest BCUT2D eigenvalue weighted by atomic mass is 16.6. The molecule has 2 aromatic carbocycles. The number of benzene rings is 2. The Labute approximate surface area is 166 Å². The molecule has 1 amide bonds. The van der Waals surface area contributed by atoms with E-state index in [2.05, 4.69) is 5.32 Å². The summed E-state index contributed by atoms with van der Waals surface area (Å²) in [6.45, 7) is -0.492. The van der Waals surface area contributed by atoms with E-state index < -0.39 is 23.3 Å². The van der Waals surface area contributed by atoms with Gasteiger partial charge in [-0.3, -0.25) is 19.7 Å². The fraction of sp³-hybridized carbons (Fsp3) is 0.263. The lowest BCUT2D eigenvalue weighted by molar-refractivity contribution is -0.385. The Hall–Kier alpha value is -3.82. The Morgan fingerprint density at radius 2 is 1.69 bits per heavy atom. The first-order chi connectivity index (χ1) is 13.9. The molecule has 0 fully saturated rings. The Balaban J connectivity index is 1.95. The van der Waals surface area contributed by atoms with E-state index in [1.807, 2.05) is 0 Å². The number of nitrogens with one attached hydrogen (secondary N) is 1. The molecule has 0 aliphatic heterocycles. The second-order valence-electron chi connectivity index (χ2n) is 5.66. The number of ether oxygens (including phenoxy) is 4. The van der Waals surface area contributed by atoms with Gasteiger partial charge in [0.2, 0.25) is 0 Å². The minimum Gasteiger partial charge on any atom is -0.497 e. The van der Waals surface area contributed by atoms with Crippen LogP contribution in [0.4, 0.5) is 5.69 Å². The van der Waals surface area contributed by atoms with Crippen LogP contribution in [0.2, 0.25) is 0 Å². The van der Waals surface area contributed by atoms with Crippen LogP contribution in [0, 0.1) is 10.1 Å². The van der Waals surface area contributed by atoms with Gasteiger partial charge >= 0.3 is 11.7 Å². The van der Waals surface area contributed by atoms with Crippen LogP contribution < -0.4 is 19.5 Å². The summed E-state index contributed by atoms with van der Waals surface area (Å²) in [6, 6.07) is 8.79. The minimum absolute atomic E-state index is 0.0137. The molecule has 154 valence electrons. The van der Waals surface area contributed by atoms with Gasteiger partial charge in [-0.05, 0) is 30.3 Å². The molecule has 0 unspecified atom stereocenters. The Morgan fingerprint density at radius 1 is 1.00 bits per heavy atom. The predicted molar refractivity (Wildman–Crippen MR) is 101 cm³/mol. The van der Waals surface area contributed by atoms with Crippen molar-refractivity contribution in [2.24, 2.45) is 0 Å². The molecule has 2 rings (SSSR count). The van der Waals surface area contributed by atoms with Crippen molar-refractivity contribution in [1.29, 1.82) is 0 Å². The highest BCUT2D eigenvalue weighted by molar-refractivity contribution is 5.96. The normalized spacial score (nSPS) is 10.0. The summed E-state index contributed by atoms with van der Waals surface area (Å²) >= 11 is 0. The number of carbonyl (C=O) groups is 2. The maximum Gasteiger partial charge on any atom is 0.325 e. The number of hydrogen-bond acceptors (Lipinski definition) is 8. The molecule has 0 heterocycles. The van der Waals surface area contributed by atoms with Crippen molar-refractivity contribution in [3.8, 4) is 17.2 Å². The summed E-state index contributed by atoms with van der Waals surface area (Å²) in [7, 11) is 4.29. The van der Waals surface area contributed by atoms with Gasteiger partial charge in [-0.1, -0.05) is 0 Å². The molecule has 0 spiro atoms. The molecule has 1 N–H and O–H groups in total. The number of rotatable bonds is 9. The average Bonchev–Trinajstić information content (AvgIpc) is 2.74. The first-order valence-electron chi connectivity index (χ1n) is 8.36. The minimum atomic E-state index is -0.689. The summed E-state index contributed by atoms with van der Waals surface area (Å²) in [6.07, 6.45) is 0. The molecular weight excluding hydrogens is 384 g/mol. The van der Waals surface area contributed by atoms with Crippen LogP contribution in [-0.4, -0.2) is 44.7 Å². The topological polar surface area (TPSA) is 126 Å². The van der Waals surface area contributed by atoms with E-state index >= 15 is 0 Å². The smallest absolute Gasteiger partial charge is 0.325 e. The van der Waals surface area contributed by atoms with E-state index in [1.54, 1.807) is 18.2 Å². The summed E-state index contributed by atoms with van der Waals surface area (Å²) < 4.78 is 20.3. The number of amides is 1. The van der Waals surface area contributed by atoms with Crippen molar-refractivity contribution in [3.05, 3.63) is 57.6 Å². The van der Waals surface area contributed by atoms with Gasteiger partial charge in [0.15, 0.2) is 5.75 Å². The number of methoxy groups -OCH3 is 3. The monoisotopic (exact) mass is 404 g/mol. The van der Waals surface area contributed by atoms with Crippen LogP contribution in [0.15, 0.2) is 36.4 Å². The molecule has 29 heavy (non-hydrogen) atoms. The van der Waals surface area contributed by atoms with E-state index in [0.717, 1.165) is 6.07 Å². The van der Waals surface area contributed by atoms with Crippen molar-refractivity contribution in [2.45, 2.75) is 6.61 Å². The Kier molecular flexibility index (Phi) is 7.35. The molecule has 0 atom stereocenters. The van der Waals surface area contributed by atoms with Crippen molar-refractivity contribution in [3.63, 3.8) is 0 Å². The predicted octanol–water partition coefficient (Wildman–Crippen LogP) is 2.09. The largest absolute Gasteiger partial charge is 0.497 e. The average molecular weight is 404 g/mol. The van der Waals surface area contributed by atoms with Crippen molar-refractivity contribution in [2.75, 3.05) is 27.9 Å². The van der Waals surface area contributed by atoms with E-state index in [0.29, 0.717) is 17.1 Å². The SMILES string of the molecule is COc1ccc(OC)c(COC(=O)CNC(=O)c2ccc(OC)c([N+](=O)[O-])c2)c1. The molecule has 0 aliphatic carbocycles. The standard InChI is InChI=1S/C19H20N2O8/c1-26-14-5-7-16(27-2)13(8-14)11-29-18(22)10-20-19(23)12-4-6-17(28-3)15(9-12)21(24)25/h4-9H,10-11H2,1-3H3,(H,20,23). The van der Waals surface area contributed by atoms with E-state index in [9.17, 15) is 19.7 Å². The Bertz CT molecular complexity index is 913. The fourth-order valence-electron chi connectivity index (χ4n) is 2.43. The highest BCUT2D eigenvalue weighted by Crippen LogP contribution is 2.27. The van der Waals surface area contributed by atoms with Gasteiger partial charge in [0.25, 0.3) is 5.91 Å². The van der Waals surface area contributed by atoms with E-state index in [4.69, 9.17) is 18.9 Å². The summed E-state index contributed by atoms with van der Waals surface area (Å²) in [5, 5.41) is 13.4. The molecule has 0 radical (unpaired) electrons. The van der Waals surface area contributed by atoms with Gasteiger partial charge < -0.3 is 24.3 Å². The number of hydrogen-bond donors (Lipinski definition) is 1. The number of esters is 1. The zero-order chi connectivity index (χ0) is 21.4. The van der Waals surface area contributed by atoms with Crippen molar-refractivity contribution >= 4 is 17.6 Å². The first kappa shape index (κ1) is 21.5. The van der Waals surface area contributed by atoms with Crippen LogP contribution >= 0.6 is 0 Å². The Morgan fingerprint density at radius 3 is 2.31 bits per heavy atom. The molecule has 0 aliphatic rings. The van der Waals surface area contributed by atoms with Crippen molar-refractivity contribution < 1.29 is 33.5 Å². The lowest BCUT2D eigenvalue weighted by Crippen LogP contribution is -2.30. The maximum absolute atomic E-state index is 12.2. The lowest BCUT2D eigenvalue weighted by Gasteiger charge is -2.11. The summed E-state index contributed by atoms with van der Waals surface area (Å²) in [5.41, 5.74) is 0.255. The van der Waals surface area contributed by atoms with Gasteiger partial charge in [-0.25, -0.2) is 0 Å². The van der Waals surface area contributed by atoms with Crippen LogP contribution in [0.25, 0.3) is 0 Å². The number of nitro groups is 1. The molecule has 0 aromatic heterocycles. The zero-order valence-electron chi connectivity index (χ0n) is 16.1. The van der Waals surface area contributed by atoms with Gasteiger partial charge in [0.1, 0.15) is 24.7 Å². The van der Waals surface area contributed by atoms with Gasteiger partial charge in [0.05, 0.1) is 26.3 Å². The van der Waals surface area contributed by atoms with Gasteiger partial charge in [-0.2, -0.15) is 0 Å². The molecule has 10 nitrogen and oxygen atoms in total. The van der Waals surface area contributed by atoms with Crippen LogP contribution in [0.3, 0.4) is 0 Å².